The molecule has 0 saturated heterocycles. The SMILES string of the molecule is C=CCNC(=O)C(C)NC(C)(C)CCO. The highest BCUT2D eigenvalue weighted by Crippen LogP contribution is 2.08. The van der Waals surface area contributed by atoms with E-state index in [0.717, 1.165) is 0 Å². The van der Waals surface area contributed by atoms with E-state index in [1.54, 1.807) is 13.0 Å². The van der Waals surface area contributed by atoms with Crippen LogP contribution in [-0.4, -0.2) is 35.7 Å². The van der Waals surface area contributed by atoms with E-state index >= 15 is 0 Å². The molecule has 0 bridgehead atoms. The number of hydrogen-bond donors (Lipinski definition) is 3. The molecule has 0 aliphatic rings. The first-order chi connectivity index (χ1) is 6.93. The molecule has 3 N–H and O–H groups in total. The number of rotatable bonds is 7. The van der Waals surface area contributed by atoms with Crippen LogP contribution in [0.15, 0.2) is 12.7 Å². The number of aliphatic hydroxyl groups is 1. The maximum absolute atomic E-state index is 11.5. The zero-order valence-corrected chi connectivity index (χ0v) is 9.84. The van der Waals surface area contributed by atoms with Gasteiger partial charge in [0.2, 0.25) is 5.91 Å². The van der Waals surface area contributed by atoms with Gasteiger partial charge in [-0.05, 0) is 27.2 Å². The molecule has 0 saturated carbocycles. The van der Waals surface area contributed by atoms with Crippen LogP contribution in [0.4, 0.5) is 0 Å². The molecule has 0 radical (unpaired) electrons. The van der Waals surface area contributed by atoms with Gasteiger partial charge in [-0.15, -0.1) is 6.58 Å². The summed E-state index contributed by atoms with van der Waals surface area (Å²) in [4.78, 5) is 11.5. The van der Waals surface area contributed by atoms with Crippen LogP contribution in [0.3, 0.4) is 0 Å². The minimum atomic E-state index is -0.272. The Labute approximate surface area is 91.8 Å². The molecule has 1 amide bonds. The van der Waals surface area contributed by atoms with E-state index in [9.17, 15) is 4.79 Å². The first-order valence-electron chi connectivity index (χ1n) is 5.20. The Morgan fingerprint density at radius 2 is 2.20 bits per heavy atom. The predicted octanol–water partition coefficient (Wildman–Crippen LogP) is 0.428. The van der Waals surface area contributed by atoms with Crippen molar-refractivity contribution in [3.05, 3.63) is 12.7 Å². The summed E-state index contributed by atoms with van der Waals surface area (Å²) in [7, 11) is 0. The van der Waals surface area contributed by atoms with Crippen LogP contribution in [0.5, 0.6) is 0 Å². The van der Waals surface area contributed by atoms with Crippen molar-refractivity contribution < 1.29 is 9.90 Å². The number of nitrogens with one attached hydrogen (secondary N) is 2. The number of carbonyl (C=O) groups is 1. The monoisotopic (exact) mass is 214 g/mol. The lowest BCUT2D eigenvalue weighted by Crippen LogP contribution is -2.51. The molecule has 0 spiro atoms. The molecule has 4 nitrogen and oxygen atoms in total. The Hall–Kier alpha value is -0.870. The van der Waals surface area contributed by atoms with Crippen LogP contribution in [0, 0.1) is 0 Å². The molecule has 0 aromatic rings. The molecule has 0 aliphatic heterocycles. The smallest absolute Gasteiger partial charge is 0.237 e. The fourth-order valence-corrected chi connectivity index (χ4v) is 1.33. The average molecular weight is 214 g/mol. The van der Waals surface area contributed by atoms with E-state index in [4.69, 9.17) is 5.11 Å². The summed E-state index contributed by atoms with van der Waals surface area (Å²) in [5.41, 5.74) is -0.236. The zero-order valence-electron chi connectivity index (χ0n) is 9.84. The van der Waals surface area contributed by atoms with Crippen molar-refractivity contribution in [3.8, 4) is 0 Å². The van der Waals surface area contributed by atoms with Crippen LogP contribution in [0.25, 0.3) is 0 Å². The van der Waals surface area contributed by atoms with Crippen LogP contribution in [0.2, 0.25) is 0 Å². The number of aliphatic hydroxyl groups excluding tert-OH is 1. The Bertz CT molecular complexity index is 215. The highest BCUT2D eigenvalue weighted by molar-refractivity contribution is 5.81. The van der Waals surface area contributed by atoms with Crippen LogP contribution in [-0.2, 0) is 4.79 Å². The van der Waals surface area contributed by atoms with Crippen LogP contribution < -0.4 is 10.6 Å². The van der Waals surface area contributed by atoms with E-state index in [1.165, 1.54) is 0 Å². The molecule has 0 aromatic heterocycles. The predicted molar refractivity (Wildman–Crippen MR) is 61.6 cm³/mol. The topological polar surface area (TPSA) is 61.4 Å². The lowest BCUT2D eigenvalue weighted by atomic mass is 10.00. The number of hydrogen-bond acceptors (Lipinski definition) is 3. The van der Waals surface area contributed by atoms with Gasteiger partial charge in [-0.3, -0.25) is 4.79 Å². The van der Waals surface area contributed by atoms with Gasteiger partial charge in [-0.1, -0.05) is 6.08 Å². The van der Waals surface area contributed by atoms with Gasteiger partial charge in [0, 0.05) is 18.7 Å². The molecule has 4 heteroatoms. The van der Waals surface area contributed by atoms with Crippen molar-refractivity contribution in [1.29, 1.82) is 0 Å². The van der Waals surface area contributed by atoms with E-state index < -0.39 is 0 Å². The Morgan fingerprint density at radius 3 is 2.67 bits per heavy atom. The van der Waals surface area contributed by atoms with Gasteiger partial charge in [0.05, 0.1) is 6.04 Å². The molecule has 88 valence electrons. The van der Waals surface area contributed by atoms with E-state index in [1.807, 2.05) is 13.8 Å². The molecular formula is C11H22N2O2. The number of carbonyl (C=O) groups excluding carboxylic acids is 1. The summed E-state index contributed by atoms with van der Waals surface area (Å²) in [6.45, 7) is 9.84. The third-order valence-electron chi connectivity index (χ3n) is 2.16. The first kappa shape index (κ1) is 14.1. The third kappa shape index (κ3) is 6.25. The third-order valence-corrected chi connectivity index (χ3v) is 2.16. The minimum Gasteiger partial charge on any atom is -0.396 e. The fourth-order valence-electron chi connectivity index (χ4n) is 1.33. The minimum absolute atomic E-state index is 0.0547. The van der Waals surface area contributed by atoms with Crippen LogP contribution >= 0.6 is 0 Å². The van der Waals surface area contributed by atoms with Gasteiger partial charge >= 0.3 is 0 Å². The Kier molecular flexibility index (Phi) is 6.20. The van der Waals surface area contributed by atoms with Crippen LogP contribution in [0.1, 0.15) is 27.2 Å². The molecule has 1 unspecified atom stereocenters. The summed E-state index contributed by atoms with van der Waals surface area (Å²) in [6, 6.07) is -0.272. The lowest BCUT2D eigenvalue weighted by Gasteiger charge is -2.29. The largest absolute Gasteiger partial charge is 0.396 e. The second kappa shape index (κ2) is 6.58. The van der Waals surface area contributed by atoms with Gasteiger partial charge < -0.3 is 15.7 Å². The van der Waals surface area contributed by atoms with Gasteiger partial charge in [0.1, 0.15) is 0 Å². The summed E-state index contributed by atoms with van der Waals surface area (Å²) in [6.07, 6.45) is 2.26. The van der Waals surface area contributed by atoms with E-state index in [0.29, 0.717) is 13.0 Å². The van der Waals surface area contributed by atoms with E-state index in [2.05, 4.69) is 17.2 Å². The standard InChI is InChI=1S/C11H22N2O2/c1-5-7-12-10(15)9(2)13-11(3,4)6-8-14/h5,9,13-14H,1,6-8H2,2-4H3,(H,12,15). The summed E-state index contributed by atoms with van der Waals surface area (Å²) in [5, 5.41) is 14.7. The van der Waals surface area contributed by atoms with Gasteiger partial charge in [-0.25, -0.2) is 0 Å². The molecule has 0 fully saturated rings. The lowest BCUT2D eigenvalue weighted by molar-refractivity contribution is -0.123. The molecular weight excluding hydrogens is 192 g/mol. The van der Waals surface area contributed by atoms with Gasteiger partial charge in [0.25, 0.3) is 0 Å². The first-order valence-corrected chi connectivity index (χ1v) is 5.20. The number of amides is 1. The van der Waals surface area contributed by atoms with Crippen molar-refractivity contribution in [1.82, 2.24) is 10.6 Å². The summed E-state index contributed by atoms with van der Waals surface area (Å²) < 4.78 is 0. The highest BCUT2D eigenvalue weighted by atomic mass is 16.3. The summed E-state index contributed by atoms with van der Waals surface area (Å²) >= 11 is 0. The molecule has 0 aliphatic carbocycles. The second-order valence-corrected chi connectivity index (χ2v) is 4.26. The zero-order chi connectivity index (χ0) is 11.9. The molecule has 1 atom stereocenters. The summed E-state index contributed by atoms with van der Waals surface area (Å²) in [5.74, 6) is -0.0547. The van der Waals surface area contributed by atoms with Crippen molar-refractivity contribution in [2.45, 2.75) is 38.8 Å². The quantitative estimate of drug-likeness (QED) is 0.539. The van der Waals surface area contributed by atoms with Gasteiger partial charge in [-0.2, -0.15) is 0 Å². The normalized spacial score (nSPS) is 13.3. The Morgan fingerprint density at radius 1 is 1.60 bits per heavy atom. The maximum Gasteiger partial charge on any atom is 0.237 e. The maximum atomic E-state index is 11.5. The van der Waals surface area contributed by atoms with Gasteiger partial charge in [0.15, 0.2) is 0 Å². The molecule has 0 aromatic carbocycles. The average Bonchev–Trinajstić information content (AvgIpc) is 2.13. The molecule has 15 heavy (non-hydrogen) atoms. The molecule has 0 heterocycles. The fraction of sp³-hybridized carbons (Fsp3) is 0.727. The van der Waals surface area contributed by atoms with Crippen molar-refractivity contribution in [2.24, 2.45) is 0 Å². The van der Waals surface area contributed by atoms with Crippen molar-refractivity contribution in [3.63, 3.8) is 0 Å². The van der Waals surface area contributed by atoms with Crippen molar-refractivity contribution >= 4 is 5.91 Å². The second-order valence-electron chi connectivity index (χ2n) is 4.26. The Balaban J connectivity index is 4.04. The highest BCUT2D eigenvalue weighted by Gasteiger charge is 2.22. The van der Waals surface area contributed by atoms with Crippen molar-refractivity contribution in [2.75, 3.05) is 13.2 Å². The van der Waals surface area contributed by atoms with E-state index in [-0.39, 0.29) is 24.1 Å². The molecule has 0 rings (SSSR count).